The topological polar surface area (TPSA) is 81.9 Å². The van der Waals surface area contributed by atoms with Crippen LogP contribution in [0.15, 0.2) is 72.8 Å². The molecule has 0 bridgehead atoms. The summed E-state index contributed by atoms with van der Waals surface area (Å²) in [6.07, 6.45) is 0.828. The van der Waals surface area contributed by atoms with E-state index in [1.54, 1.807) is 67.8 Å². The number of primary amides is 1. The van der Waals surface area contributed by atoms with Crippen LogP contribution >= 0.6 is 11.6 Å². The highest BCUT2D eigenvalue weighted by Crippen LogP contribution is 2.50. The van der Waals surface area contributed by atoms with Crippen LogP contribution in [0.1, 0.15) is 12.8 Å². The fraction of sp³-hybridized carbons (Fsp3) is 0.167. The van der Waals surface area contributed by atoms with Crippen LogP contribution in [-0.2, 0) is 9.59 Å². The van der Waals surface area contributed by atoms with E-state index < -0.39 is 17.2 Å². The Kier molecular flexibility index (Phi) is 5.57. The zero-order valence-corrected chi connectivity index (χ0v) is 17.6. The summed E-state index contributed by atoms with van der Waals surface area (Å²) in [4.78, 5) is 27.2. The molecule has 2 N–H and O–H groups in total. The number of halogens is 1. The van der Waals surface area contributed by atoms with Gasteiger partial charge in [-0.05, 0) is 55.3 Å². The van der Waals surface area contributed by atoms with Gasteiger partial charge >= 0.3 is 0 Å². The van der Waals surface area contributed by atoms with E-state index in [1.165, 1.54) is 4.90 Å². The number of carbonyl (C=O) groups excluding carboxylic acids is 2. The lowest BCUT2D eigenvalue weighted by Crippen LogP contribution is -2.41. The van der Waals surface area contributed by atoms with Crippen molar-refractivity contribution in [2.75, 3.05) is 12.0 Å². The summed E-state index contributed by atoms with van der Waals surface area (Å²) in [6.45, 7) is 0. The van der Waals surface area contributed by atoms with E-state index in [-0.39, 0.29) is 0 Å². The maximum absolute atomic E-state index is 13.6. The minimum Gasteiger partial charge on any atom is -0.497 e. The van der Waals surface area contributed by atoms with Gasteiger partial charge in [0.1, 0.15) is 16.9 Å². The number of nitrogens with zero attached hydrogens (tertiary/aromatic N) is 1. The van der Waals surface area contributed by atoms with Crippen molar-refractivity contribution in [1.82, 2.24) is 0 Å². The highest BCUT2D eigenvalue weighted by Gasteiger charge is 2.57. The first-order valence-corrected chi connectivity index (χ1v) is 10.1. The number of amides is 2. The van der Waals surface area contributed by atoms with Crippen LogP contribution in [0.3, 0.4) is 0 Å². The first-order valence-electron chi connectivity index (χ1n) is 9.75. The molecule has 0 aromatic heterocycles. The number of hydrogen-bond acceptors (Lipinski definition) is 4. The molecule has 0 atom stereocenters. The largest absolute Gasteiger partial charge is 0.497 e. The van der Waals surface area contributed by atoms with Gasteiger partial charge in [-0.1, -0.05) is 35.9 Å². The Morgan fingerprint density at radius 2 is 1.68 bits per heavy atom. The zero-order valence-electron chi connectivity index (χ0n) is 16.9. The van der Waals surface area contributed by atoms with E-state index in [0.717, 1.165) is 0 Å². The molecule has 31 heavy (non-hydrogen) atoms. The summed E-state index contributed by atoms with van der Waals surface area (Å²) >= 11 is 6.20. The minimum absolute atomic E-state index is 0.399. The van der Waals surface area contributed by atoms with Gasteiger partial charge in [0.25, 0.3) is 0 Å². The Hall–Kier alpha value is -3.51. The standard InChI is InChI=1S/C24H21ClN2O4/c1-30-18-8-5-9-19(15-18)31-21-11-3-2-10-20(21)27(17-7-4-6-16(25)14-17)23(29)24(12-13-24)22(26)28/h2-11,14-15H,12-13H2,1H3,(H2,26,28). The lowest BCUT2D eigenvalue weighted by Gasteiger charge is -2.28. The van der Waals surface area contributed by atoms with Gasteiger partial charge in [0, 0.05) is 11.1 Å². The van der Waals surface area contributed by atoms with Crippen LogP contribution < -0.4 is 20.1 Å². The second-order valence-corrected chi connectivity index (χ2v) is 7.75. The van der Waals surface area contributed by atoms with E-state index in [0.29, 0.717) is 46.5 Å². The Morgan fingerprint density at radius 1 is 0.968 bits per heavy atom. The van der Waals surface area contributed by atoms with Crippen molar-refractivity contribution >= 4 is 34.8 Å². The molecule has 4 rings (SSSR count). The van der Waals surface area contributed by atoms with Crippen LogP contribution in [0.2, 0.25) is 5.02 Å². The smallest absolute Gasteiger partial charge is 0.247 e. The van der Waals surface area contributed by atoms with E-state index in [2.05, 4.69) is 0 Å². The quantitative estimate of drug-likeness (QED) is 0.524. The molecule has 0 unspecified atom stereocenters. The highest BCUT2D eigenvalue weighted by molar-refractivity contribution is 6.31. The van der Waals surface area contributed by atoms with Gasteiger partial charge in [-0.25, -0.2) is 0 Å². The van der Waals surface area contributed by atoms with Crippen molar-refractivity contribution in [3.05, 3.63) is 77.8 Å². The van der Waals surface area contributed by atoms with Crippen LogP contribution in [0.5, 0.6) is 17.2 Å². The van der Waals surface area contributed by atoms with Gasteiger partial charge in [0.15, 0.2) is 5.75 Å². The van der Waals surface area contributed by atoms with Gasteiger partial charge < -0.3 is 15.2 Å². The molecule has 3 aromatic carbocycles. The first kappa shape index (κ1) is 20.8. The summed E-state index contributed by atoms with van der Waals surface area (Å²) in [5.74, 6) is 0.591. The number of anilines is 2. The minimum atomic E-state index is -1.22. The number of benzene rings is 3. The summed E-state index contributed by atoms with van der Waals surface area (Å²) in [5, 5.41) is 0.463. The van der Waals surface area contributed by atoms with Crippen molar-refractivity contribution in [2.24, 2.45) is 11.1 Å². The van der Waals surface area contributed by atoms with Crippen molar-refractivity contribution in [3.63, 3.8) is 0 Å². The van der Waals surface area contributed by atoms with Crippen LogP contribution in [0, 0.1) is 5.41 Å². The van der Waals surface area contributed by atoms with Crippen molar-refractivity contribution in [1.29, 1.82) is 0 Å². The molecule has 1 aliphatic carbocycles. The second-order valence-electron chi connectivity index (χ2n) is 7.32. The number of hydrogen-bond donors (Lipinski definition) is 1. The van der Waals surface area contributed by atoms with E-state index >= 15 is 0 Å². The highest BCUT2D eigenvalue weighted by atomic mass is 35.5. The predicted molar refractivity (Wildman–Crippen MR) is 119 cm³/mol. The molecule has 0 aliphatic heterocycles. The molecule has 6 nitrogen and oxygen atoms in total. The Bertz CT molecular complexity index is 1140. The van der Waals surface area contributed by atoms with Gasteiger partial charge in [-0.3, -0.25) is 14.5 Å². The van der Waals surface area contributed by atoms with E-state index in [4.69, 9.17) is 26.8 Å². The average Bonchev–Trinajstić information content (AvgIpc) is 3.58. The lowest BCUT2D eigenvalue weighted by molar-refractivity contribution is -0.133. The number of methoxy groups -OCH3 is 1. The molecule has 2 amide bonds. The molecule has 1 aliphatic rings. The Morgan fingerprint density at radius 3 is 2.35 bits per heavy atom. The fourth-order valence-electron chi connectivity index (χ4n) is 3.41. The number of nitrogens with two attached hydrogens (primary N) is 1. The lowest BCUT2D eigenvalue weighted by atomic mass is 10.0. The summed E-state index contributed by atoms with van der Waals surface area (Å²) in [6, 6.07) is 21.1. The van der Waals surface area contributed by atoms with Crippen LogP contribution in [-0.4, -0.2) is 18.9 Å². The third-order valence-corrected chi connectivity index (χ3v) is 5.51. The monoisotopic (exact) mass is 436 g/mol. The molecule has 3 aromatic rings. The third kappa shape index (κ3) is 4.07. The van der Waals surface area contributed by atoms with Gasteiger partial charge in [-0.15, -0.1) is 0 Å². The van der Waals surface area contributed by atoms with Crippen molar-refractivity contribution in [2.45, 2.75) is 12.8 Å². The maximum atomic E-state index is 13.6. The van der Waals surface area contributed by atoms with Crippen molar-refractivity contribution in [3.8, 4) is 17.2 Å². The maximum Gasteiger partial charge on any atom is 0.247 e. The molecule has 0 heterocycles. The van der Waals surface area contributed by atoms with Gasteiger partial charge in [-0.2, -0.15) is 0 Å². The van der Waals surface area contributed by atoms with Crippen molar-refractivity contribution < 1.29 is 19.1 Å². The SMILES string of the molecule is COc1cccc(Oc2ccccc2N(C(=O)C2(C(N)=O)CC2)c2cccc(Cl)c2)c1. The number of carbonyl (C=O) groups is 2. The third-order valence-electron chi connectivity index (χ3n) is 5.28. The van der Waals surface area contributed by atoms with Gasteiger partial charge in [0.05, 0.1) is 18.5 Å². The van der Waals surface area contributed by atoms with Crippen LogP contribution in [0.25, 0.3) is 0 Å². The normalized spacial score (nSPS) is 13.9. The fourth-order valence-corrected chi connectivity index (χ4v) is 3.59. The molecule has 1 saturated carbocycles. The molecule has 0 radical (unpaired) electrons. The molecule has 1 fully saturated rings. The number of ether oxygens (including phenoxy) is 2. The Balaban J connectivity index is 1.80. The summed E-state index contributed by atoms with van der Waals surface area (Å²) in [7, 11) is 1.57. The summed E-state index contributed by atoms with van der Waals surface area (Å²) in [5.41, 5.74) is 5.37. The first-order chi connectivity index (χ1) is 14.9. The summed E-state index contributed by atoms with van der Waals surface area (Å²) < 4.78 is 11.4. The molecular formula is C24H21ClN2O4. The molecular weight excluding hydrogens is 416 g/mol. The van der Waals surface area contributed by atoms with Gasteiger partial charge in [0.2, 0.25) is 11.8 Å². The zero-order chi connectivity index (χ0) is 22.0. The molecule has 158 valence electrons. The predicted octanol–water partition coefficient (Wildman–Crippen LogP) is 5.07. The van der Waals surface area contributed by atoms with E-state index in [9.17, 15) is 9.59 Å². The number of rotatable bonds is 7. The Labute approximate surface area is 185 Å². The average molecular weight is 437 g/mol. The van der Waals surface area contributed by atoms with E-state index in [1.807, 2.05) is 12.1 Å². The van der Waals surface area contributed by atoms with Crippen LogP contribution in [0.4, 0.5) is 11.4 Å². The number of para-hydroxylation sites is 2. The molecule has 0 spiro atoms. The molecule has 7 heteroatoms. The second kappa shape index (κ2) is 8.32. The molecule has 0 saturated heterocycles.